The molecular weight excluding hydrogens is 445 g/mol. The molecule has 2 aromatic rings. The van der Waals surface area contributed by atoms with Gasteiger partial charge >= 0.3 is 5.97 Å². The predicted octanol–water partition coefficient (Wildman–Crippen LogP) is 3.50. The Bertz CT molecular complexity index is 1160. The minimum absolute atomic E-state index is 0.0122. The van der Waals surface area contributed by atoms with Crippen LogP contribution < -0.4 is 10.6 Å². The first-order valence-corrected chi connectivity index (χ1v) is 11.2. The average molecular weight is 468 g/mol. The Morgan fingerprint density at radius 2 is 1.91 bits per heavy atom. The molecule has 7 nitrogen and oxygen atoms in total. The van der Waals surface area contributed by atoms with Crippen molar-refractivity contribution in [1.82, 2.24) is 5.32 Å². The number of hydrogen-bond donors (Lipinski definition) is 2. The summed E-state index contributed by atoms with van der Waals surface area (Å²) in [6, 6.07) is 15.0. The number of nitrogens with one attached hydrogen (secondary N) is 2. The second-order valence-corrected chi connectivity index (χ2v) is 8.18. The summed E-state index contributed by atoms with van der Waals surface area (Å²) in [5, 5.41) is 15.3. The molecule has 0 unspecified atom stereocenters. The Balaban J connectivity index is 1.90. The van der Waals surface area contributed by atoms with Gasteiger partial charge in [-0.2, -0.15) is 5.26 Å². The van der Waals surface area contributed by atoms with E-state index in [2.05, 4.69) is 10.6 Å². The first-order chi connectivity index (χ1) is 15.9. The summed E-state index contributed by atoms with van der Waals surface area (Å²) in [6.07, 6.45) is 0.739. The van der Waals surface area contributed by atoms with Crippen LogP contribution >= 0.6 is 11.8 Å². The van der Waals surface area contributed by atoms with Crippen LogP contribution in [0.15, 0.2) is 59.1 Å². The quantitative estimate of drug-likeness (QED) is 0.477. The molecule has 1 aliphatic heterocycles. The van der Waals surface area contributed by atoms with E-state index in [9.17, 15) is 24.0 Å². The molecule has 2 N–H and O–H groups in total. The van der Waals surface area contributed by atoms with Crippen molar-refractivity contribution in [3.05, 3.63) is 76.1 Å². The fourth-order valence-corrected chi connectivity index (χ4v) is 4.51. The van der Waals surface area contributed by atoms with E-state index in [0.29, 0.717) is 5.69 Å². The first-order valence-electron chi connectivity index (χ1n) is 10.2. The van der Waals surface area contributed by atoms with Gasteiger partial charge in [0.25, 0.3) is 0 Å². The van der Waals surface area contributed by atoms with Crippen LogP contribution in [0.3, 0.4) is 0 Å². The fourth-order valence-electron chi connectivity index (χ4n) is 3.66. The van der Waals surface area contributed by atoms with Crippen molar-refractivity contribution in [1.29, 1.82) is 5.26 Å². The number of thioether (sulfide) groups is 1. The zero-order valence-corrected chi connectivity index (χ0v) is 18.9. The highest BCUT2D eigenvalue weighted by Gasteiger charge is 2.45. The van der Waals surface area contributed by atoms with Gasteiger partial charge in [-0.25, -0.2) is 4.39 Å². The van der Waals surface area contributed by atoms with Gasteiger partial charge in [0.05, 0.1) is 29.5 Å². The lowest BCUT2D eigenvalue weighted by molar-refractivity contribution is -0.150. The van der Waals surface area contributed by atoms with Crippen LogP contribution in [0.4, 0.5) is 10.1 Å². The third-order valence-corrected chi connectivity index (χ3v) is 6.26. The number of benzene rings is 2. The van der Waals surface area contributed by atoms with Gasteiger partial charge in [0.2, 0.25) is 11.8 Å². The summed E-state index contributed by atoms with van der Waals surface area (Å²) in [5.74, 6) is -5.32. The monoisotopic (exact) mass is 467 g/mol. The number of nitriles is 1. The lowest BCUT2D eigenvalue weighted by Crippen LogP contribution is -2.44. The van der Waals surface area contributed by atoms with Gasteiger partial charge in [-0.3, -0.25) is 14.4 Å². The second-order valence-electron chi connectivity index (χ2n) is 7.19. The summed E-state index contributed by atoms with van der Waals surface area (Å²) in [5.41, 5.74) is 1.67. The molecule has 0 saturated carbocycles. The fraction of sp³-hybridized carbons (Fsp3) is 0.250. The zero-order valence-electron chi connectivity index (χ0n) is 18.1. The van der Waals surface area contributed by atoms with Gasteiger partial charge in [-0.15, -0.1) is 0 Å². The van der Waals surface area contributed by atoms with Crippen molar-refractivity contribution in [2.24, 2.45) is 5.92 Å². The third kappa shape index (κ3) is 5.23. The molecule has 2 atom stereocenters. The molecule has 3 rings (SSSR count). The SMILES string of the molecule is CCc1ccccc1NC(=O)CSC1=C(C#N)[C@@H](c2ccccc2F)[C@H](C(=O)OC)C(=O)N1. The van der Waals surface area contributed by atoms with Crippen LogP contribution in [0.1, 0.15) is 24.0 Å². The number of halogens is 1. The van der Waals surface area contributed by atoms with Crippen molar-refractivity contribution in [3.8, 4) is 6.07 Å². The number of anilines is 1. The number of allylic oxidation sites excluding steroid dienone is 1. The number of ether oxygens (including phenoxy) is 1. The number of aryl methyl sites for hydroxylation is 1. The molecule has 0 radical (unpaired) electrons. The van der Waals surface area contributed by atoms with Crippen molar-refractivity contribution in [3.63, 3.8) is 0 Å². The third-order valence-electron chi connectivity index (χ3n) is 5.24. The summed E-state index contributed by atoms with van der Waals surface area (Å²) in [7, 11) is 1.12. The predicted molar refractivity (Wildman–Crippen MR) is 122 cm³/mol. The molecule has 1 aliphatic rings. The van der Waals surface area contributed by atoms with E-state index >= 15 is 0 Å². The summed E-state index contributed by atoms with van der Waals surface area (Å²) in [6.45, 7) is 1.97. The zero-order chi connectivity index (χ0) is 24.0. The van der Waals surface area contributed by atoms with E-state index in [4.69, 9.17) is 4.74 Å². The maximum atomic E-state index is 14.6. The van der Waals surface area contributed by atoms with Crippen molar-refractivity contribution < 1.29 is 23.5 Å². The Morgan fingerprint density at radius 1 is 1.21 bits per heavy atom. The lowest BCUT2D eigenvalue weighted by atomic mass is 9.78. The molecular formula is C24H22FN3O4S. The molecule has 170 valence electrons. The highest BCUT2D eigenvalue weighted by molar-refractivity contribution is 8.03. The number of amides is 2. The van der Waals surface area contributed by atoms with E-state index in [0.717, 1.165) is 30.9 Å². The van der Waals surface area contributed by atoms with Crippen LogP contribution in [0, 0.1) is 23.1 Å². The van der Waals surface area contributed by atoms with Crippen LogP contribution in [0.2, 0.25) is 0 Å². The number of nitrogens with zero attached hydrogens (tertiary/aromatic N) is 1. The van der Waals surface area contributed by atoms with Crippen LogP contribution in [-0.2, 0) is 25.5 Å². The number of methoxy groups -OCH3 is 1. The summed E-state index contributed by atoms with van der Waals surface area (Å²) in [4.78, 5) is 37.7. The summed E-state index contributed by atoms with van der Waals surface area (Å²) >= 11 is 0.939. The Morgan fingerprint density at radius 3 is 2.58 bits per heavy atom. The molecule has 2 aromatic carbocycles. The standard InChI is InChI=1S/C24H22FN3O4S/c1-3-14-8-4-7-11-18(14)27-19(29)13-33-23-16(12-26)20(15-9-5-6-10-17(15)25)21(22(30)28-23)24(31)32-2/h4-11,20-21H,3,13H2,1-2H3,(H,27,29)(H,28,30)/t20-,21+/m1/s1. The van der Waals surface area contributed by atoms with Gasteiger partial charge in [0.1, 0.15) is 11.7 Å². The molecule has 0 spiro atoms. The number of carbonyl (C=O) groups is 3. The van der Waals surface area contributed by atoms with E-state index in [-0.39, 0.29) is 27.8 Å². The van der Waals surface area contributed by atoms with Gasteiger partial charge in [-0.05, 0) is 29.7 Å². The minimum Gasteiger partial charge on any atom is -0.468 e. The molecule has 0 bridgehead atoms. The molecule has 33 heavy (non-hydrogen) atoms. The van der Waals surface area contributed by atoms with Crippen LogP contribution in [-0.4, -0.2) is 30.6 Å². The van der Waals surface area contributed by atoms with Gasteiger partial charge in [-0.1, -0.05) is 55.1 Å². The smallest absolute Gasteiger partial charge is 0.319 e. The molecule has 9 heteroatoms. The van der Waals surface area contributed by atoms with Crippen molar-refractivity contribution >= 4 is 35.2 Å². The van der Waals surface area contributed by atoms with E-state index in [1.807, 2.05) is 31.2 Å². The normalized spacial score (nSPS) is 17.7. The molecule has 1 heterocycles. The summed E-state index contributed by atoms with van der Waals surface area (Å²) < 4.78 is 19.4. The highest BCUT2D eigenvalue weighted by atomic mass is 32.2. The first kappa shape index (κ1) is 24.0. The Labute approximate surface area is 195 Å². The molecule has 2 amide bonds. The minimum atomic E-state index is -1.43. The van der Waals surface area contributed by atoms with Gasteiger partial charge in [0.15, 0.2) is 0 Å². The highest BCUT2D eigenvalue weighted by Crippen LogP contribution is 2.41. The van der Waals surface area contributed by atoms with Gasteiger partial charge in [0, 0.05) is 11.6 Å². The van der Waals surface area contributed by atoms with Crippen molar-refractivity contribution in [2.45, 2.75) is 19.3 Å². The molecule has 0 fully saturated rings. The van der Waals surface area contributed by atoms with E-state index in [1.54, 1.807) is 12.1 Å². The van der Waals surface area contributed by atoms with Crippen LogP contribution in [0.25, 0.3) is 0 Å². The molecule has 0 saturated heterocycles. The molecule has 0 aliphatic carbocycles. The maximum absolute atomic E-state index is 14.6. The van der Waals surface area contributed by atoms with E-state index < -0.39 is 29.5 Å². The average Bonchev–Trinajstić information content (AvgIpc) is 2.82. The maximum Gasteiger partial charge on any atom is 0.319 e. The lowest BCUT2D eigenvalue weighted by Gasteiger charge is -2.31. The largest absolute Gasteiger partial charge is 0.468 e. The molecule has 0 aromatic heterocycles. The topological polar surface area (TPSA) is 108 Å². The number of para-hydroxylation sites is 1. The Hall–Kier alpha value is -3.64. The number of carbonyl (C=O) groups excluding carboxylic acids is 3. The van der Waals surface area contributed by atoms with Crippen molar-refractivity contribution in [2.75, 3.05) is 18.2 Å². The van der Waals surface area contributed by atoms with Crippen LogP contribution in [0.5, 0.6) is 0 Å². The number of rotatable bonds is 7. The Kier molecular flexibility index (Phi) is 7.85. The van der Waals surface area contributed by atoms with E-state index in [1.165, 1.54) is 18.2 Å². The number of hydrogen-bond acceptors (Lipinski definition) is 6. The second kappa shape index (κ2) is 10.8. The number of esters is 1. The van der Waals surface area contributed by atoms with Gasteiger partial charge < -0.3 is 15.4 Å².